The van der Waals surface area contributed by atoms with Crippen LogP contribution < -0.4 is 0 Å². The predicted octanol–water partition coefficient (Wildman–Crippen LogP) is 1.32. The molecule has 0 spiro atoms. The van der Waals surface area contributed by atoms with Crippen LogP contribution in [0.25, 0.3) is 0 Å². The van der Waals surface area contributed by atoms with Gasteiger partial charge in [0, 0.05) is 6.61 Å². The standard InChI is InChI=1S/C6H11NO2/c8-7-5-6-3-1-2-4-9-6/h6H,1-5H2. The van der Waals surface area contributed by atoms with E-state index in [0.717, 1.165) is 19.4 Å². The number of hydrogen-bond acceptors (Lipinski definition) is 3. The van der Waals surface area contributed by atoms with Crippen molar-refractivity contribution in [1.29, 1.82) is 0 Å². The molecule has 1 saturated heterocycles. The molecule has 1 unspecified atom stereocenters. The topological polar surface area (TPSA) is 38.7 Å². The van der Waals surface area contributed by atoms with Crippen LogP contribution in [0.3, 0.4) is 0 Å². The molecular formula is C6H11NO2. The number of hydrogen-bond donors (Lipinski definition) is 0. The molecule has 1 atom stereocenters. The van der Waals surface area contributed by atoms with Crippen LogP contribution in [0.15, 0.2) is 5.18 Å². The minimum atomic E-state index is 0.122. The first-order valence-corrected chi connectivity index (χ1v) is 3.34. The average molecular weight is 129 g/mol. The SMILES string of the molecule is O=NCC1CCCCO1. The van der Waals surface area contributed by atoms with Gasteiger partial charge in [-0.15, -0.1) is 0 Å². The second-order valence-electron chi connectivity index (χ2n) is 2.30. The predicted molar refractivity (Wildman–Crippen MR) is 34.3 cm³/mol. The first-order chi connectivity index (χ1) is 4.43. The Balaban J connectivity index is 2.15. The zero-order valence-corrected chi connectivity index (χ0v) is 5.38. The van der Waals surface area contributed by atoms with Crippen LogP contribution in [-0.4, -0.2) is 19.3 Å². The molecule has 0 aliphatic carbocycles. The van der Waals surface area contributed by atoms with Crippen LogP contribution in [0.1, 0.15) is 19.3 Å². The Morgan fingerprint density at radius 2 is 2.44 bits per heavy atom. The first kappa shape index (κ1) is 6.68. The lowest BCUT2D eigenvalue weighted by Gasteiger charge is -2.19. The van der Waals surface area contributed by atoms with Crippen LogP contribution in [0.4, 0.5) is 0 Å². The lowest BCUT2D eigenvalue weighted by atomic mass is 10.1. The van der Waals surface area contributed by atoms with E-state index in [2.05, 4.69) is 5.18 Å². The van der Waals surface area contributed by atoms with Gasteiger partial charge in [0.2, 0.25) is 0 Å². The van der Waals surface area contributed by atoms with Gasteiger partial charge in [-0.25, -0.2) is 0 Å². The van der Waals surface area contributed by atoms with E-state index >= 15 is 0 Å². The first-order valence-electron chi connectivity index (χ1n) is 3.34. The molecule has 1 aliphatic heterocycles. The van der Waals surface area contributed by atoms with Gasteiger partial charge in [0.25, 0.3) is 0 Å². The summed E-state index contributed by atoms with van der Waals surface area (Å²) in [5.41, 5.74) is 0. The summed E-state index contributed by atoms with van der Waals surface area (Å²) >= 11 is 0. The van der Waals surface area contributed by atoms with Crippen molar-refractivity contribution < 1.29 is 4.74 Å². The van der Waals surface area contributed by atoms with E-state index in [4.69, 9.17) is 4.74 Å². The van der Waals surface area contributed by atoms with E-state index in [9.17, 15) is 4.91 Å². The van der Waals surface area contributed by atoms with E-state index in [0.29, 0.717) is 6.54 Å². The Kier molecular flexibility index (Phi) is 2.64. The number of nitroso groups, excluding NO2 is 1. The highest BCUT2D eigenvalue weighted by Gasteiger charge is 2.12. The van der Waals surface area contributed by atoms with Gasteiger partial charge < -0.3 is 4.74 Å². The molecule has 1 aliphatic rings. The number of ether oxygens (including phenoxy) is 1. The molecule has 0 N–H and O–H groups in total. The molecule has 1 heterocycles. The highest BCUT2D eigenvalue weighted by Crippen LogP contribution is 2.12. The molecule has 3 heteroatoms. The Hall–Kier alpha value is -0.440. The van der Waals surface area contributed by atoms with Crippen molar-refractivity contribution in [2.24, 2.45) is 5.18 Å². The van der Waals surface area contributed by atoms with Crippen LogP contribution in [0.2, 0.25) is 0 Å². The van der Waals surface area contributed by atoms with Crippen molar-refractivity contribution in [3.8, 4) is 0 Å². The smallest absolute Gasteiger partial charge is 0.107 e. The molecule has 1 fully saturated rings. The van der Waals surface area contributed by atoms with Crippen molar-refractivity contribution in [2.75, 3.05) is 13.2 Å². The second-order valence-corrected chi connectivity index (χ2v) is 2.30. The van der Waals surface area contributed by atoms with E-state index < -0.39 is 0 Å². The molecule has 0 saturated carbocycles. The van der Waals surface area contributed by atoms with Crippen molar-refractivity contribution >= 4 is 0 Å². The van der Waals surface area contributed by atoms with Gasteiger partial charge in [-0.05, 0) is 19.3 Å². The largest absolute Gasteiger partial charge is 0.376 e. The van der Waals surface area contributed by atoms with Crippen LogP contribution >= 0.6 is 0 Å². The van der Waals surface area contributed by atoms with E-state index in [1.807, 2.05) is 0 Å². The molecule has 52 valence electrons. The molecule has 0 amide bonds. The Morgan fingerprint density at radius 1 is 1.56 bits per heavy atom. The van der Waals surface area contributed by atoms with Gasteiger partial charge in [0.05, 0.1) is 6.10 Å². The summed E-state index contributed by atoms with van der Waals surface area (Å²) in [5, 5.41) is 2.78. The van der Waals surface area contributed by atoms with Gasteiger partial charge in [-0.2, -0.15) is 4.91 Å². The van der Waals surface area contributed by atoms with E-state index in [1.165, 1.54) is 6.42 Å². The quantitative estimate of drug-likeness (QED) is 0.527. The van der Waals surface area contributed by atoms with Gasteiger partial charge in [-0.1, -0.05) is 5.18 Å². The molecule has 0 radical (unpaired) electrons. The molecular weight excluding hydrogens is 118 g/mol. The van der Waals surface area contributed by atoms with Crippen molar-refractivity contribution in [3.05, 3.63) is 4.91 Å². The van der Waals surface area contributed by atoms with Crippen molar-refractivity contribution in [2.45, 2.75) is 25.4 Å². The van der Waals surface area contributed by atoms with Gasteiger partial charge in [0.15, 0.2) is 0 Å². The van der Waals surface area contributed by atoms with Gasteiger partial charge in [-0.3, -0.25) is 0 Å². The maximum atomic E-state index is 9.74. The van der Waals surface area contributed by atoms with E-state index in [1.54, 1.807) is 0 Å². The fraction of sp³-hybridized carbons (Fsp3) is 1.00. The summed E-state index contributed by atoms with van der Waals surface area (Å²) in [7, 11) is 0. The molecule has 9 heavy (non-hydrogen) atoms. The van der Waals surface area contributed by atoms with E-state index in [-0.39, 0.29) is 6.10 Å². The third-order valence-electron chi connectivity index (χ3n) is 1.55. The normalized spacial score (nSPS) is 27.8. The monoisotopic (exact) mass is 129 g/mol. The molecule has 0 bridgehead atoms. The molecule has 3 nitrogen and oxygen atoms in total. The van der Waals surface area contributed by atoms with Crippen LogP contribution in [-0.2, 0) is 4.74 Å². The zero-order chi connectivity index (χ0) is 6.53. The highest BCUT2D eigenvalue weighted by molar-refractivity contribution is 4.64. The molecule has 1 rings (SSSR count). The molecule has 0 aromatic heterocycles. The van der Waals surface area contributed by atoms with Crippen LogP contribution in [0.5, 0.6) is 0 Å². The lowest BCUT2D eigenvalue weighted by molar-refractivity contribution is 0.0223. The summed E-state index contributed by atoms with van der Waals surface area (Å²) < 4.78 is 5.22. The summed E-state index contributed by atoms with van der Waals surface area (Å²) in [6, 6.07) is 0. The molecule has 0 aromatic rings. The fourth-order valence-corrected chi connectivity index (χ4v) is 1.03. The van der Waals surface area contributed by atoms with Crippen molar-refractivity contribution in [3.63, 3.8) is 0 Å². The minimum absolute atomic E-state index is 0.122. The van der Waals surface area contributed by atoms with Crippen molar-refractivity contribution in [1.82, 2.24) is 0 Å². The number of nitrogens with zero attached hydrogens (tertiary/aromatic N) is 1. The van der Waals surface area contributed by atoms with Crippen LogP contribution in [0, 0.1) is 4.91 Å². The summed E-state index contributed by atoms with van der Waals surface area (Å²) in [5.74, 6) is 0. The minimum Gasteiger partial charge on any atom is -0.376 e. The lowest BCUT2D eigenvalue weighted by Crippen LogP contribution is -2.21. The maximum absolute atomic E-state index is 9.74. The summed E-state index contributed by atoms with van der Waals surface area (Å²) in [6.07, 6.45) is 3.44. The number of rotatable bonds is 2. The van der Waals surface area contributed by atoms with Gasteiger partial charge >= 0.3 is 0 Å². The third kappa shape index (κ3) is 2.10. The third-order valence-corrected chi connectivity index (χ3v) is 1.55. The Labute approximate surface area is 54.4 Å². The maximum Gasteiger partial charge on any atom is 0.107 e. The highest BCUT2D eigenvalue weighted by atomic mass is 16.5. The Morgan fingerprint density at radius 3 is 3.00 bits per heavy atom. The summed E-state index contributed by atoms with van der Waals surface area (Å²) in [6.45, 7) is 1.14. The summed E-state index contributed by atoms with van der Waals surface area (Å²) in [4.78, 5) is 9.74. The Bertz CT molecular complexity index is 89.1. The average Bonchev–Trinajstić information content (AvgIpc) is 1.91. The zero-order valence-electron chi connectivity index (χ0n) is 5.38. The second kappa shape index (κ2) is 3.56. The molecule has 0 aromatic carbocycles. The fourth-order valence-electron chi connectivity index (χ4n) is 1.03. The van der Waals surface area contributed by atoms with Gasteiger partial charge in [0.1, 0.15) is 6.54 Å².